The number of halogens is 1. The summed E-state index contributed by atoms with van der Waals surface area (Å²) < 4.78 is 0. The van der Waals surface area contributed by atoms with E-state index in [1.54, 1.807) is 0 Å². The SMILES string of the molecule is Cc1ccc(N2CCC(CBr)C2)nn1. The summed E-state index contributed by atoms with van der Waals surface area (Å²) >= 11 is 3.53. The molecule has 2 rings (SSSR count). The summed E-state index contributed by atoms with van der Waals surface area (Å²) in [7, 11) is 0. The molecular formula is C10H14BrN3. The molecule has 1 saturated heterocycles. The molecule has 4 heteroatoms. The zero-order valence-corrected chi connectivity index (χ0v) is 9.87. The Bertz CT molecular complexity index is 299. The lowest BCUT2D eigenvalue weighted by molar-refractivity contribution is 0.675. The van der Waals surface area contributed by atoms with Crippen LogP contribution in [0.4, 0.5) is 5.82 Å². The van der Waals surface area contributed by atoms with Gasteiger partial charge in [0, 0.05) is 18.4 Å². The molecule has 1 aromatic rings. The zero-order valence-electron chi connectivity index (χ0n) is 8.28. The Balaban J connectivity index is 2.06. The summed E-state index contributed by atoms with van der Waals surface area (Å²) in [5.74, 6) is 1.78. The van der Waals surface area contributed by atoms with Crippen molar-refractivity contribution in [2.24, 2.45) is 5.92 Å². The molecular weight excluding hydrogens is 242 g/mol. The first-order valence-electron chi connectivity index (χ1n) is 4.91. The van der Waals surface area contributed by atoms with E-state index in [0.717, 1.165) is 35.8 Å². The van der Waals surface area contributed by atoms with Crippen LogP contribution in [0, 0.1) is 12.8 Å². The second-order valence-electron chi connectivity index (χ2n) is 3.79. The summed E-state index contributed by atoms with van der Waals surface area (Å²) in [5, 5.41) is 9.35. The number of aromatic nitrogens is 2. The van der Waals surface area contributed by atoms with E-state index in [4.69, 9.17) is 0 Å². The van der Waals surface area contributed by atoms with Crippen molar-refractivity contribution >= 4 is 21.7 Å². The highest BCUT2D eigenvalue weighted by molar-refractivity contribution is 9.09. The molecule has 0 radical (unpaired) electrons. The Labute approximate surface area is 92.7 Å². The van der Waals surface area contributed by atoms with Gasteiger partial charge in [-0.15, -0.1) is 5.10 Å². The topological polar surface area (TPSA) is 29.0 Å². The van der Waals surface area contributed by atoms with Crippen LogP contribution in [0.5, 0.6) is 0 Å². The molecule has 1 aromatic heterocycles. The minimum Gasteiger partial charge on any atom is -0.355 e. The van der Waals surface area contributed by atoms with Crippen LogP contribution >= 0.6 is 15.9 Å². The Morgan fingerprint density at radius 2 is 2.36 bits per heavy atom. The van der Waals surface area contributed by atoms with Crippen LogP contribution in [0.25, 0.3) is 0 Å². The lowest BCUT2D eigenvalue weighted by atomic mass is 10.2. The lowest BCUT2D eigenvalue weighted by Gasteiger charge is -2.15. The summed E-state index contributed by atoms with van der Waals surface area (Å²) in [6.45, 7) is 4.17. The number of aryl methyl sites for hydroxylation is 1. The predicted octanol–water partition coefficient (Wildman–Crippen LogP) is 2.01. The summed E-state index contributed by atoms with van der Waals surface area (Å²) in [4.78, 5) is 2.30. The molecule has 0 N–H and O–H groups in total. The fraction of sp³-hybridized carbons (Fsp3) is 0.600. The van der Waals surface area contributed by atoms with Gasteiger partial charge in [0.25, 0.3) is 0 Å². The highest BCUT2D eigenvalue weighted by atomic mass is 79.9. The molecule has 1 fully saturated rings. The normalized spacial score (nSPS) is 21.6. The van der Waals surface area contributed by atoms with Gasteiger partial charge in [-0.1, -0.05) is 15.9 Å². The van der Waals surface area contributed by atoms with Crippen LogP contribution in [0.15, 0.2) is 12.1 Å². The first-order chi connectivity index (χ1) is 6.79. The Hall–Kier alpha value is -0.640. The van der Waals surface area contributed by atoms with Crippen molar-refractivity contribution in [2.75, 3.05) is 23.3 Å². The van der Waals surface area contributed by atoms with E-state index in [0.29, 0.717) is 0 Å². The van der Waals surface area contributed by atoms with Crippen LogP contribution in [-0.4, -0.2) is 28.6 Å². The molecule has 0 spiro atoms. The van der Waals surface area contributed by atoms with Crippen molar-refractivity contribution in [1.29, 1.82) is 0 Å². The van der Waals surface area contributed by atoms with Gasteiger partial charge in [-0.3, -0.25) is 0 Å². The van der Waals surface area contributed by atoms with Gasteiger partial charge < -0.3 is 4.90 Å². The molecule has 14 heavy (non-hydrogen) atoms. The molecule has 0 bridgehead atoms. The number of hydrogen-bond acceptors (Lipinski definition) is 3. The van der Waals surface area contributed by atoms with Crippen LogP contribution < -0.4 is 4.90 Å². The van der Waals surface area contributed by atoms with E-state index in [1.165, 1.54) is 6.42 Å². The second kappa shape index (κ2) is 4.26. The van der Waals surface area contributed by atoms with E-state index in [9.17, 15) is 0 Å². The summed E-state index contributed by atoms with van der Waals surface area (Å²) in [5.41, 5.74) is 0.977. The zero-order chi connectivity index (χ0) is 9.97. The molecule has 1 aliphatic heterocycles. The van der Waals surface area contributed by atoms with Gasteiger partial charge in [-0.2, -0.15) is 5.10 Å². The first kappa shape index (κ1) is 9.90. The number of nitrogens with zero attached hydrogens (tertiary/aromatic N) is 3. The third-order valence-corrected chi connectivity index (χ3v) is 3.53. The highest BCUT2D eigenvalue weighted by Crippen LogP contribution is 2.22. The highest BCUT2D eigenvalue weighted by Gasteiger charge is 2.22. The van der Waals surface area contributed by atoms with Gasteiger partial charge in [0.15, 0.2) is 5.82 Å². The number of rotatable bonds is 2. The molecule has 1 atom stereocenters. The standard InChI is InChI=1S/C10H14BrN3/c1-8-2-3-10(13-12-8)14-5-4-9(6-11)7-14/h2-3,9H,4-7H2,1H3. The maximum Gasteiger partial charge on any atom is 0.151 e. The summed E-state index contributed by atoms with van der Waals surface area (Å²) in [6, 6.07) is 4.07. The Morgan fingerprint density at radius 3 is 2.93 bits per heavy atom. The number of hydrogen-bond donors (Lipinski definition) is 0. The van der Waals surface area contributed by atoms with E-state index < -0.39 is 0 Å². The molecule has 0 saturated carbocycles. The molecule has 0 aliphatic carbocycles. The fourth-order valence-corrected chi connectivity index (χ4v) is 2.26. The van der Waals surface area contributed by atoms with Crippen LogP contribution in [0.2, 0.25) is 0 Å². The fourth-order valence-electron chi connectivity index (χ4n) is 1.73. The largest absolute Gasteiger partial charge is 0.355 e. The Kier molecular flexibility index (Phi) is 3.01. The third kappa shape index (κ3) is 2.05. The third-order valence-electron chi connectivity index (χ3n) is 2.61. The second-order valence-corrected chi connectivity index (χ2v) is 4.44. The maximum atomic E-state index is 4.19. The van der Waals surface area contributed by atoms with Crippen LogP contribution in [-0.2, 0) is 0 Å². The van der Waals surface area contributed by atoms with E-state index >= 15 is 0 Å². The molecule has 76 valence electrons. The van der Waals surface area contributed by atoms with Gasteiger partial charge >= 0.3 is 0 Å². The average molecular weight is 256 g/mol. The Morgan fingerprint density at radius 1 is 1.50 bits per heavy atom. The van der Waals surface area contributed by atoms with Gasteiger partial charge in [0.2, 0.25) is 0 Å². The number of anilines is 1. The van der Waals surface area contributed by atoms with Crippen molar-refractivity contribution in [1.82, 2.24) is 10.2 Å². The van der Waals surface area contributed by atoms with Crippen LogP contribution in [0.3, 0.4) is 0 Å². The average Bonchev–Trinajstić information content (AvgIpc) is 2.67. The smallest absolute Gasteiger partial charge is 0.151 e. The van der Waals surface area contributed by atoms with Crippen molar-refractivity contribution in [3.05, 3.63) is 17.8 Å². The first-order valence-corrected chi connectivity index (χ1v) is 6.03. The van der Waals surface area contributed by atoms with Gasteiger partial charge in [-0.25, -0.2) is 0 Å². The lowest BCUT2D eigenvalue weighted by Crippen LogP contribution is -2.21. The molecule has 2 heterocycles. The predicted molar refractivity (Wildman–Crippen MR) is 60.9 cm³/mol. The quantitative estimate of drug-likeness (QED) is 0.758. The van der Waals surface area contributed by atoms with Crippen molar-refractivity contribution < 1.29 is 0 Å². The van der Waals surface area contributed by atoms with Crippen molar-refractivity contribution in [2.45, 2.75) is 13.3 Å². The van der Waals surface area contributed by atoms with Crippen molar-refractivity contribution in [3.8, 4) is 0 Å². The monoisotopic (exact) mass is 255 g/mol. The molecule has 1 unspecified atom stereocenters. The van der Waals surface area contributed by atoms with Crippen LogP contribution in [0.1, 0.15) is 12.1 Å². The summed E-state index contributed by atoms with van der Waals surface area (Å²) in [6.07, 6.45) is 1.25. The molecule has 0 aromatic carbocycles. The minimum absolute atomic E-state index is 0.762. The van der Waals surface area contributed by atoms with E-state index in [1.807, 2.05) is 13.0 Å². The van der Waals surface area contributed by atoms with Crippen molar-refractivity contribution in [3.63, 3.8) is 0 Å². The number of alkyl halides is 1. The molecule has 0 amide bonds. The van der Waals surface area contributed by atoms with E-state index in [2.05, 4.69) is 37.1 Å². The van der Waals surface area contributed by atoms with Gasteiger partial charge in [-0.05, 0) is 31.4 Å². The minimum atomic E-state index is 0.762. The van der Waals surface area contributed by atoms with E-state index in [-0.39, 0.29) is 0 Å². The van der Waals surface area contributed by atoms with Gasteiger partial charge in [0.05, 0.1) is 5.69 Å². The van der Waals surface area contributed by atoms with Gasteiger partial charge in [0.1, 0.15) is 0 Å². The molecule has 1 aliphatic rings. The molecule has 3 nitrogen and oxygen atoms in total. The maximum absolute atomic E-state index is 4.19.